The highest BCUT2D eigenvalue weighted by Crippen LogP contribution is 2.57. The van der Waals surface area contributed by atoms with Gasteiger partial charge in [0.2, 0.25) is 11.8 Å². The van der Waals surface area contributed by atoms with Gasteiger partial charge in [-0.15, -0.1) is 0 Å². The molecule has 0 aromatic carbocycles. The van der Waals surface area contributed by atoms with E-state index in [0.717, 1.165) is 31.5 Å². The molecule has 3 fully saturated rings. The van der Waals surface area contributed by atoms with Gasteiger partial charge in [-0.05, 0) is 32.1 Å². The maximum atomic E-state index is 12.8. The van der Waals surface area contributed by atoms with Crippen molar-refractivity contribution in [3.05, 3.63) is 11.6 Å². The molecule has 0 spiro atoms. The molecule has 3 N–H and O–H groups in total. The molecular weight excluding hydrogens is 282 g/mol. The largest absolute Gasteiger partial charge is 0.344 e. The SMILES string of the molecule is CCc1nc(C(C)NC(=O)C23CC4CC(C(=O)N2)C3C4)n[nH]1. The zero-order valence-corrected chi connectivity index (χ0v) is 12.8. The molecule has 1 aromatic rings. The van der Waals surface area contributed by atoms with Crippen LogP contribution in [0.4, 0.5) is 0 Å². The van der Waals surface area contributed by atoms with Crippen LogP contribution in [0.2, 0.25) is 0 Å². The molecule has 7 heteroatoms. The Morgan fingerprint density at radius 3 is 3.00 bits per heavy atom. The van der Waals surface area contributed by atoms with Crippen LogP contribution in [0.3, 0.4) is 0 Å². The first-order chi connectivity index (χ1) is 10.5. The van der Waals surface area contributed by atoms with Gasteiger partial charge in [-0.25, -0.2) is 4.98 Å². The second kappa shape index (κ2) is 4.54. The molecule has 22 heavy (non-hydrogen) atoms. The van der Waals surface area contributed by atoms with Crippen LogP contribution >= 0.6 is 0 Å². The van der Waals surface area contributed by atoms with E-state index in [0.29, 0.717) is 11.7 Å². The molecule has 2 aliphatic carbocycles. The van der Waals surface area contributed by atoms with Crippen LogP contribution in [0.1, 0.15) is 50.8 Å². The van der Waals surface area contributed by atoms with Crippen molar-refractivity contribution in [1.29, 1.82) is 0 Å². The minimum Gasteiger partial charge on any atom is -0.344 e. The third kappa shape index (κ3) is 1.74. The third-order valence-electron chi connectivity index (χ3n) is 5.61. The van der Waals surface area contributed by atoms with Gasteiger partial charge in [0.25, 0.3) is 0 Å². The van der Waals surface area contributed by atoms with Gasteiger partial charge in [-0.3, -0.25) is 14.7 Å². The number of nitrogens with one attached hydrogen (secondary N) is 3. The Bertz CT molecular complexity index is 642. The standard InChI is InChI=1S/C15H21N5O2/c1-3-11-17-12(20-19-11)7(2)16-14(22)15-6-8-4-9(10(15)5-8)13(21)18-15/h7-10H,3-6H2,1-2H3,(H,16,22)(H,18,21)(H,17,19,20). The van der Waals surface area contributed by atoms with Gasteiger partial charge >= 0.3 is 0 Å². The summed E-state index contributed by atoms with van der Waals surface area (Å²) >= 11 is 0. The molecule has 2 bridgehead atoms. The molecule has 2 amide bonds. The molecule has 1 aromatic heterocycles. The molecule has 1 aliphatic heterocycles. The molecule has 118 valence electrons. The molecule has 5 atom stereocenters. The average molecular weight is 303 g/mol. The van der Waals surface area contributed by atoms with Gasteiger partial charge in [0.15, 0.2) is 5.82 Å². The Hall–Kier alpha value is -1.92. The summed E-state index contributed by atoms with van der Waals surface area (Å²) in [6, 6.07) is -0.270. The van der Waals surface area contributed by atoms with Gasteiger partial charge in [0, 0.05) is 18.3 Å². The first-order valence-electron chi connectivity index (χ1n) is 8.07. The molecule has 3 aliphatic rings. The fraction of sp³-hybridized carbons (Fsp3) is 0.733. The van der Waals surface area contributed by atoms with Crippen molar-refractivity contribution in [1.82, 2.24) is 25.8 Å². The number of fused-ring (bicyclic) bond motifs is 1. The Morgan fingerprint density at radius 1 is 1.50 bits per heavy atom. The van der Waals surface area contributed by atoms with Crippen LogP contribution in [0.15, 0.2) is 0 Å². The highest BCUT2D eigenvalue weighted by molar-refractivity contribution is 5.97. The topological polar surface area (TPSA) is 99.8 Å². The molecule has 5 unspecified atom stereocenters. The number of carbonyl (C=O) groups is 2. The minimum absolute atomic E-state index is 0.0370. The number of H-pyrrole nitrogens is 1. The molecule has 2 saturated carbocycles. The molecule has 7 nitrogen and oxygen atoms in total. The molecule has 4 rings (SSSR count). The lowest BCUT2D eigenvalue weighted by Crippen LogP contribution is -2.56. The van der Waals surface area contributed by atoms with E-state index in [9.17, 15) is 9.59 Å². The summed E-state index contributed by atoms with van der Waals surface area (Å²) in [6.45, 7) is 3.87. The predicted octanol–water partition coefficient (Wildman–Crippen LogP) is 0.459. The van der Waals surface area contributed by atoms with Crippen LogP contribution in [-0.2, 0) is 16.0 Å². The average Bonchev–Trinajstić information content (AvgIpc) is 3.21. The number of amides is 2. The predicted molar refractivity (Wildman–Crippen MR) is 77.5 cm³/mol. The van der Waals surface area contributed by atoms with Crippen molar-refractivity contribution in [2.45, 2.75) is 51.1 Å². The van der Waals surface area contributed by atoms with Crippen molar-refractivity contribution < 1.29 is 9.59 Å². The van der Waals surface area contributed by atoms with Gasteiger partial charge in [-0.2, -0.15) is 5.10 Å². The summed E-state index contributed by atoms with van der Waals surface area (Å²) in [5, 5.41) is 13.0. The number of hydrogen-bond acceptors (Lipinski definition) is 4. The Labute approximate surface area is 128 Å². The number of aromatic nitrogens is 3. The van der Waals surface area contributed by atoms with E-state index in [1.165, 1.54) is 0 Å². The molecule has 2 heterocycles. The summed E-state index contributed by atoms with van der Waals surface area (Å²) < 4.78 is 0. The maximum Gasteiger partial charge on any atom is 0.246 e. The van der Waals surface area contributed by atoms with E-state index >= 15 is 0 Å². The Balaban J connectivity index is 1.52. The number of nitrogens with zero attached hydrogens (tertiary/aromatic N) is 2. The van der Waals surface area contributed by atoms with Gasteiger partial charge in [-0.1, -0.05) is 6.92 Å². The smallest absolute Gasteiger partial charge is 0.246 e. The summed E-state index contributed by atoms with van der Waals surface area (Å²) in [6.07, 6.45) is 3.49. The van der Waals surface area contributed by atoms with Crippen LogP contribution in [0, 0.1) is 17.8 Å². The first-order valence-corrected chi connectivity index (χ1v) is 8.07. The zero-order valence-electron chi connectivity index (χ0n) is 12.8. The fourth-order valence-corrected chi connectivity index (χ4v) is 4.58. The molecule has 1 saturated heterocycles. The van der Waals surface area contributed by atoms with Crippen molar-refractivity contribution in [2.75, 3.05) is 0 Å². The van der Waals surface area contributed by atoms with Crippen LogP contribution in [-0.4, -0.2) is 32.5 Å². The number of rotatable bonds is 4. The van der Waals surface area contributed by atoms with Gasteiger partial charge < -0.3 is 10.6 Å². The highest BCUT2D eigenvalue weighted by atomic mass is 16.2. The van der Waals surface area contributed by atoms with Crippen LogP contribution < -0.4 is 10.6 Å². The van der Waals surface area contributed by atoms with Crippen molar-refractivity contribution in [3.8, 4) is 0 Å². The maximum absolute atomic E-state index is 12.8. The van der Waals surface area contributed by atoms with E-state index in [1.54, 1.807) is 0 Å². The summed E-state index contributed by atoms with van der Waals surface area (Å²) in [5.41, 5.74) is -0.692. The number of carbonyl (C=O) groups excluding carboxylic acids is 2. The second-order valence-corrected chi connectivity index (χ2v) is 6.90. The molecule has 0 radical (unpaired) electrons. The van der Waals surface area contributed by atoms with E-state index in [4.69, 9.17) is 0 Å². The zero-order chi connectivity index (χ0) is 15.5. The first kappa shape index (κ1) is 13.7. The van der Waals surface area contributed by atoms with Crippen LogP contribution in [0.25, 0.3) is 0 Å². The summed E-state index contributed by atoms with van der Waals surface area (Å²) in [7, 11) is 0. The quantitative estimate of drug-likeness (QED) is 0.752. The Kier molecular flexibility index (Phi) is 2.83. The lowest BCUT2D eigenvalue weighted by atomic mass is 9.78. The van der Waals surface area contributed by atoms with Crippen molar-refractivity contribution >= 4 is 11.8 Å². The number of aryl methyl sites for hydroxylation is 1. The number of aromatic amines is 1. The van der Waals surface area contributed by atoms with Crippen molar-refractivity contribution in [3.63, 3.8) is 0 Å². The van der Waals surface area contributed by atoms with E-state index in [-0.39, 0.29) is 29.7 Å². The van der Waals surface area contributed by atoms with Crippen LogP contribution in [0.5, 0.6) is 0 Å². The van der Waals surface area contributed by atoms with E-state index < -0.39 is 5.54 Å². The Morgan fingerprint density at radius 2 is 2.32 bits per heavy atom. The lowest BCUT2D eigenvalue weighted by Gasteiger charge is -2.31. The summed E-state index contributed by atoms with van der Waals surface area (Å²) in [4.78, 5) is 29.3. The fourth-order valence-electron chi connectivity index (χ4n) is 4.58. The van der Waals surface area contributed by atoms with Gasteiger partial charge in [0.05, 0.1) is 6.04 Å². The summed E-state index contributed by atoms with van der Waals surface area (Å²) in [5.74, 6) is 2.08. The number of hydrogen-bond donors (Lipinski definition) is 3. The second-order valence-electron chi connectivity index (χ2n) is 6.90. The highest BCUT2D eigenvalue weighted by Gasteiger charge is 2.66. The minimum atomic E-state index is -0.692. The monoisotopic (exact) mass is 303 g/mol. The van der Waals surface area contributed by atoms with E-state index in [2.05, 4.69) is 25.8 Å². The molecular formula is C15H21N5O2. The van der Waals surface area contributed by atoms with Gasteiger partial charge in [0.1, 0.15) is 11.4 Å². The lowest BCUT2D eigenvalue weighted by molar-refractivity contribution is -0.131. The van der Waals surface area contributed by atoms with Crippen molar-refractivity contribution in [2.24, 2.45) is 17.8 Å². The normalized spacial score (nSPS) is 36.5. The van der Waals surface area contributed by atoms with E-state index in [1.807, 2.05) is 13.8 Å². The third-order valence-corrected chi connectivity index (χ3v) is 5.61.